The summed E-state index contributed by atoms with van der Waals surface area (Å²) >= 11 is 3.11. The van der Waals surface area contributed by atoms with Crippen LogP contribution in [0.25, 0.3) is 20.7 Å². The van der Waals surface area contributed by atoms with Gasteiger partial charge in [0, 0.05) is 14.6 Å². The summed E-state index contributed by atoms with van der Waals surface area (Å²) in [4.78, 5) is 16.7. The number of rotatable bonds is 3. The van der Waals surface area contributed by atoms with E-state index in [-0.39, 0.29) is 5.70 Å². The first kappa shape index (κ1) is 11.6. The van der Waals surface area contributed by atoms with Crippen LogP contribution in [0, 0.1) is 6.57 Å². The van der Waals surface area contributed by atoms with E-state index in [1.165, 1.54) is 17.4 Å². The van der Waals surface area contributed by atoms with Crippen molar-refractivity contribution in [2.75, 3.05) is 0 Å². The van der Waals surface area contributed by atoms with Crippen molar-refractivity contribution in [1.82, 2.24) is 0 Å². The maximum atomic E-state index is 10.7. The normalized spacial score (nSPS) is 11.1. The molecule has 0 amide bonds. The minimum Gasteiger partial charge on any atom is -0.486 e. The average molecular weight is 261 g/mol. The summed E-state index contributed by atoms with van der Waals surface area (Å²) in [6.07, 6.45) is 1.40. The van der Waals surface area contributed by atoms with E-state index in [4.69, 9.17) is 11.7 Å². The van der Waals surface area contributed by atoms with Gasteiger partial charge < -0.3 is 5.11 Å². The SMILES string of the molecule is [C-]#[N+]/C(=C\c1ccc(-c2cccs2)s1)C(=O)O. The van der Waals surface area contributed by atoms with Crippen LogP contribution in [0.15, 0.2) is 35.3 Å². The zero-order valence-corrected chi connectivity index (χ0v) is 10.2. The molecule has 0 fully saturated rings. The highest BCUT2D eigenvalue weighted by molar-refractivity contribution is 7.21. The zero-order chi connectivity index (χ0) is 12.3. The van der Waals surface area contributed by atoms with Crippen molar-refractivity contribution in [3.05, 3.63) is 51.6 Å². The highest BCUT2D eigenvalue weighted by Gasteiger charge is 2.08. The third kappa shape index (κ3) is 2.61. The first-order chi connectivity index (χ1) is 8.20. The van der Waals surface area contributed by atoms with Gasteiger partial charge in [-0.25, -0.2) is 4.85 Å². The predicted molar refractivity (Wildman–Crippen MR) is 69.8 cm³/mol. The predicted octanol–water partition coefficient (Wildman–Crippen LogP) is 3.82. The second-order valence-corrected chi connectivity index (χ2v) is 5.19. The van der Waals surface area contributed by atoms with Gasteiger partial charge in [0.15, 0.2) is 0 Å². The number of carboxylic acid groups (broad SMARTS) is 1. The van der Waals surface area contributed by atoms with E-state index in [0.29, 0.717) is 0 Å². The number of hydrogen-bond acceptors (Lipinski definition) is 3. The standard InChI is InChI=1S/C12H7NO2S2/c1-13-9(12(14)15)7-8-4-5-11(17-8)10-3-2-6-16-10/h2-7H,(H,14,15)/b9-7-. The molecular formula is C12H7NO2S2. The number of nitrogens with zero attached hydrogens (tertiary/aromatic N) is 1. The maximum Gasteiger partial charge on any atom is 0.333 e. The molecular weight excluding hydrogens is 254 g/mol. The zero-order valence-electron chi connectivity index (χ0n) is 8.58. The molecule has 0 atom stereocenters. The molecule has 84 valence electrons. The molecule has 0 aromatic carbocycles. The average Bonchev–Trinajstić information content (AvgIpc) is 2.95. The molecule has 3 nitrogen and oxygen atoms in total. The molecule has 0 saturated carbocycles. The van der Waals surface area contributed by atoms with E-state index in [9.17, 15) is 4.79 Å². The number of carbonyl (C=O) groups is 1. The highest BCUT2D eigenvalue weighted by Crippen LogP contribution is 2.32. The van der Waals surface area contributed by atoms with E-state index in [2.05, 4.69) is 4.85 Å². The lowest BCUT2D eigenvalue weighted by atomic mass is 10.3. The Hall–Kier alpha value is -1.90. The molecule has 2 rings (SSSR count). The first-order valence-corrected chi connectivity index (χ1v) is 6.36. The number of hydrogen-bond donors (Lipinski definition) is 1. The molecule has 0 unspecified atom stereocenters. The van der Waals surface area contributed by atoms with Crippen LogP contribution in [0.1, 0.15) is 4.88 Å². The van der Waals surface area contributed by atoms with Gasteiger partial charge in [0.2, 0.25) is 0 Å². The lowest BCUT2D eigenvalue weighted by molar-refractivity contribution is -0.132. The van der Waals surface area contributed by atoms with E-state index in [1.54, 1.807) is 11.3 Å². The van der Waals surface area contributed by atoms with Gasteiger partial charge in [-0.3, -0.25) is 4.79 Å². The van der Waals surface area contributed by atoms with Crippen molar-refractivity contribution in [2.45, 2.75) is 0 Å². The van der Waals surface area contributed by atoms with Gasteiger partial charge in [0.05, 0.1) is 6.57 Å². The van der Waals surface area contributed by atoms with Crippen molar-refractivity contribution in [3.8, 4) is 9.75 Å². The summed E-state index contributed by atoms with van der Waals surface area (Å²) in [5, 5.41) is 10.7. The summed E-state index contributed by atoms with van der Waals surface area (Å²) in [5.74, 6) is -1.19. The molecule has 17 heavy (non-hydrogen) atoms. The van der Waals surface area contributed by atoms with Crippen molar-refractivity contribution in [1.29, 1.82) is 0 Å². The topological polar surface area (TPSA) is 41.7 Å². The summed E-state index contributed by atoms with van der Waals surface area (Å²) < 4.78 is 0. The smallest absolute Gasteiger partial charge is 0.333 e. The molecule has 1 N–H and O–H groups in total. The molecule has 0 aliphatic heterocycles. The van der Waals surface area contributed by atoms with Gasteiger partial charge in [-0.15, -0.1) is 22.7 Å². The van der Waals surface area contributed by atoms with E-state index in [0.717, 1.165) is 14.6 Å². The van der Waals surface area contributed by atoms with Crippen LogP contribution in [0.3, 0.4) is 0 Å². The number of thiophene rings is 2. The fourth-order valence-electron chi connectivity index (χ4n) is 1.26. The fourth-order valence-corrected chi connectivity index (χ4v) is 3.04. The Balaban J connectivity index is 2.31. The van der Waals surface area contributed by atoms with Crippen molar-refractivity contribution in [2.24, 2.45) is 0 Å². The summed E-state index contributed by atoms with van der Waals surface area (Å²) in [6.45, 7) is 6.77. The lowest BCUT2D eigenvalue weighted by Gasteiger charge is -1.89. The lowest BCUT2D eigenvalue weighted by Crippen LogP contribution is -1.94. The number of carboxylic acids is 1. The van der Waals surface area contributed by atoms with Crippen molar-refractivity contribution in [3.63, 3.8) is 0 Å². The van der Waals surface area contributed by atoms with Gasteiger partial charge in [-0.1, -0.05) is 6.07 Å². The summed E-state index contributed by atoms with van der Waals surface area (Å²) in [7, 11) is 0. The van der Waals surface area contributed by atoms with E-state index >= 15 is 0 Å². The van der Waals surface area contributed by atoms with Crippen LogP contribution >= 0.6 is 22.7 Å². The van der Waals surface area contributed by atoms with E-state index in [1.807, 2.05) is 29.6 Å². The van der Waals surface area contributed by atoms with Gasteiger partial charge >= 0.3 is 5.97 Å². The Morgan fingerprint density at radius 1 is 1.35 bits per heavy atom. The third-order valence-corrected chi connectivity index (χ3v) is 4.11. The Morgan fingerprint density at radius 3 is 2.76 bits per heavy atom. The Bertz CT molecular complexity index is 603. The molecule has 0 radical (unpaired) electrons. The molecule has 0 bridgehead atoms. The number of aliphatic carboxylic acids is 1. The molecule has 0 saturated heterocycles. The van der Waals surface area contributed by atoms with Gasteiger partial charge in [0.25, 0.3) is 5.70 Å². The first-order valence-electron chi connectivity index (χ1n) is 4.67. The molecule has 5 heteroatoms. The Morgan fingerprint density at radius 2 is 2.18 bits per heavy atom. The highest BCUT2D eigenvalue weighted by atomic mass is 32.1. The quantitative estimate of drug-likeness (QED) is 0.674. The fraction of sp³-hybridized carbons (Fsp3) is 0. The summed E-state index contributed by atoms with van der Waals surface area (Å²) in [5.41, 5.74) is -0.260. The maximum absolute atomic E-state index is 10.7. The van der Waals surface area contributed by atoms with Crippen molar-refractivity contribution < 1.29 is 9.90 Å². The van der Waals surface area contributed by atoms with Crippen LogP contribution in [0.5, 0.6) is 0 Å². The van der Waals surface area contributed by atoms with E-state index < -0.39 is 5.97 Å². The minimum absolute atomic E-state index is 0.260. The second-order valence-electron chi connectivity index (χ2n) is 3.13. The van der Waals surface area contributed by atoms with Crippen LogP contribution in [-0.2, 0) is 4.79 Å². The van der Waals surface area contributed by atoms with Crippen LogP contribution < -0.4 is 0 Å². The minimum atomic E-state index is -1.19. The second kappa shape index (κ2) is 4.95. The van der Waals surface area contributed by atoms with Gasteiger partial charge in [0.1, 0.15) is 0 Å². The Labute approximate surface area is 106 Å². The van der Waals surface area contributed by atoms with Crippen LogP contribution in [-0.4, -0.2) is 11.1 Å². The molecule has 0 aliphatic rings. The molecule has 2 aromatic rings. The molecule has 2 heterocycles. The molecule has 0 spiro atoms. The van der Waals surface area contributed by atoms with Crippen LogP contribution in [0.2, 0.25) is 0 Å². The molecule has 0 aliphatic carbocycles. The third-order valence-electron chi connectivity index (χ3n) is 2.01. The van der Waals surface area contributed by atoms with Crippen LogP contribution in [0.4, 0.5) is 0 Å². The van der Waals surface area contributed by atoms with Gasteiger partial charge in [-0.2, -0.15) is 0 Å². The van der Waals surface area contributed by atoms with Gasteiger partial charge in [-0.05, 0) is 29.7 Å². The largest absolute Gasteiger partial charge is 0.486 e. The van der Waals surface area contributed by atoms with Crippen molar-refractivity contribution >= 4 is 34.7 Å². The monoisotopic (exact) mass is 261 g/mol. The summed E-state index contributed by atoms with van der Waals surface area (Å²) in [6, 6.07) is 7.74. The Kier molecular flexibility index (Phi) is 3.38. The molecule has 2 aromatic heterocycles.